The Morgan fingerprint density at radius 1 is 1.11 bits per heavy atom. The van der Waals surface area contributed by atoms with E-state index in [9.17, 15) is 4.79 Å². The molecule has 4 heteroatoms. The Hall–Kier alpha value is -1.74. The molecule has 0 radical (unpaired) electrons. The number of hydrogen-bond donors (Lipinski definition) is 0. The quantitative estimate of drug-likeness (QED) is 0.568. The molecule has 0 spiro atoms. The lowest BCUT2D eigenvalue weighted by Crippen LogP contribution is -2.10. The lowest BCUT2D eigenvalue weighted by atomic mass is 9.93. The van der Waals surface area contributed by atoms with Gasteiger partial charge >= 0.3 is 5.63 Å². The standard InChI is InChI=1S/C15H13ClO3/c1-15(2,3)13-11(16)10-12(19-13)8-6-4-5-7-9(8)18-14(10)17/h4-7H,1-3H3. The second-order valence-electron chi connectivity index (χ2n) is 5.58. The van der Waals surface area contributed by atoms with Gasteiger partial charge in [-0.1, -0.05) is 44.5 Å². The van der Waals surface area contributed by atoms with Crippen molar-refractivity contribution in [1.29, 1.82) is 0 Å². The predicted molar refractivity (Wildman–Crippen MR) is 76.0 cm³/mol. The van der Waals surface area contributed by atoms with Gasteiger partial charge in [0.2, 0.25) is 0 Å². The maximum atomic E-state index is 12.0. The molecule has 98 valence electrons. The van der Waals surface area contributed by atoms with E-state index in [1.165, 1.54) is 0 Å². The van der Waals surface area contributed by atoms with Gasteiger partial charge in [-0.15, -0.1) is 0 Å². The molecule has 0 amide bonds. The number of fused-ring (bicyclic) bond motifs is 3. The summed E-state index contributed by atoms with van der Waals surface area (Å²) in [5, 5.41) is 1.43. The Balaban J connectivity index is 2.56. The molecule has 3 nitrogen and oxygen atoms in total. The highest BCUT2D eigenvalue weighted by atomic mass is 35.5. The average molecular weight is 277 g/mol. The van der Waals surface area contributed by atoms with Crippen LogP contribution in [0.3, 0.4) is 0 Å². The lowest BCUT2D eigenvalue weighted by Gasteiger charge is -2.14. The van der Waals surface area contributed by atoms with Crippen LogP contribution in [0.25, 0.3) is 21.9 Å². The van der Waals surface area contributed by atoms with E-state index in [2.05, 4.69) is 0 Å². The second kappa shape index (κ2) is 3.87. The largest absolute Gasteiger partial charge is 0.458 e. The molecule has 3 rings (SSSR count). The maximum absolute atomic E-state index is 12.0. The van der Waals surface area contributed by atoms with Crippen LogP contribution in [0.4, 0.5) is 0 Å². The van der Waals surface area contributed by atoms with Gasteiger partial charge < -0.3 is 8.83 Å². The Bertz CT molecular complexity index is 834. The summed E-state index contributed by atoms with van der Waals surface area (Å²) in [7, 11) is 0. The minimum Gasteiger partial charge on any atom is -0.458 e. The fourth-order valence-electron chi connectivity index (χ4n) is 2.16. The highest BCUT2D eigenvalue weighted by molar-refractivity contribution is 6.36. The zero-order chi connectivity index (χ0) is 13.8. The molecule has 2 aromatic heterocycles. The first-order valence-electron chi connectivity index (χ1n) is 6.04. The lowest BCUT2D eigenvalue weighted by molar-refractivity contribution is 0.431. The Morgan fingerprint density at radius 3 is 2.47 bits per heavy atom. The first-order chi connectivity index (χ1) is 8.89. The molecule has 0 atom stereocenters. The molecule has 0 unspecified atom stereocenters. The van der Waals surface area contributed by atoms with Crippen molar-refractivity contribution in [2.45, 2.75) is 26.2 Å². The highest BCUT2D eigenvalue weighted by Gasteiger charge is 2.27. The molecule has 0 aliphatic rings. The summed E-state index contributed by atoms with van der Waals surface area (Å²) >= 11 is 6.29. The molecular weight excluding hydrogens is 264 g/mol. The summed E-state index contributed by atoms with van der Waals surface area (Å²) in [5.74, 6) is 0.604. The summed E-state index contributed by atoms with van der Waals surface area (Å²) in [5.41, 5.74) is 0.273. The van der Waals surface area contributed by atoms with Crippen molar-refractivity contribution >= 4 is 33.5 Å². The summed E-state index contributed by atoms with van der Waals surface area (Å²) in [6.45, 7) is 5.96. The zero-order valence-electron chi connectivity index (χ0n) is 10.9. The molecule has 0 saturated carbocycles. The number of halogens is 1. The van der Waals surface area contributed by atoms with Crippen LogP contribution in [0.2, 0.25) is 5.02 Å². The minimum absolute atomic E-state index is 0.274. The smallest absolute Gasteiger partial charge is 0.349 e. The minimum atomic E-state index is -0.460. The van der Waals surface area contributed by atoms with Crippen LogP contribution in [-0.2, 0) is 5.41 Å². The Morgan fingerprint density at radius 2 is 1.79 bits per heavy atom. The summed E-state index contributed by atoms with van der Waals surface area (Å²) in [4.78, 5) is 12.0. The molecule has 0 fully saturated rings. The van der Waals surface area contributed by atoms with Crippen molar-refractivity contribution in [1.82, 2.24) is 0 Å². The number of hydrogen-bond acceptors (Lipinski definition) is 3. The normalized spacial score (nSPS) is 12.4. The van der Waals surface area contributed by atoms with Crippen LogP contribution >= 0.6 is 11.6 Å². The number of furan rings is 1. The molecular formula is C15H13ClO3. The molecule has 1 aromatic carbocycles. The third kappa shape index (κ3) is 1.77. The fraction of sp³-hybridized carbons (Fsp3) is 0.267. The van der Waals surface area contributed by atoms with E-state index in [0.29, 0.717) is 27.3 Å². The van der Waals surface area contributed by atoms with Gasteiger partial charge in [0, 0.05) is 5.41 Å². The van der Waals surface area contributed by atoms with Crippen LogP contribution in [0.1, 0.15) is 26.5 Å². The van der Waals surface area contributed by atoms with Gasteiger partial charge in [0.05, 0.1) is 10.4 Å². The van der Waals surface area contributed by atoms with E-state index in [1.54, 1.807) is 6.07 Å². The number of rotatable bonds is 0. The summed E-state index contributed by atoms with van der Waals surface area (Å²) in [6, 6.07) is 7.28. The highest BCUT2D eigenvalue weighted by Crippen LogP contribution is 2.38. The van der Waals surface area contributed by atoms with Crippen molar-refractivity contribution in [3.63, 3.8) is 0 Å². The van der Waals surface area contributed by atoms with Gasteiger partial charge in [-0.3, -0.25) is 0 Å². The van der Waals surface area contributed by atoms with Crippen LogP contribution in [0, 0.1) is 0 Å². The molecule has 3 aromatic rings. The van der Waals surface area contributed by atoms with Gasteiger partial charge in [0.25, 0.3) is 0 Å². The topological polar surface area (TPSA) is 43.4 Å². The summed E-state index contributed by atoms with van der Waals surface area (Å²) < 4.78 is 11.1. The monoisotopic (exact) mass is 276 g/mol. The van der Waals surface area contributed by atoms with Gasteiger partial charge in [-0.25, -0.2) is 4.79 Å². The Labute approximate surface area is 114 Å². The third-order valence-electron chi connectivity index (χ3n) is 3.07. The van der Waals surface area contributed by atoms with Gasteiger partial charge in [0.1, 0.15) is 16.7 Å². The summed E-state index contributed by atoms with van der Waals surface area (Å²) in [6.07, 6.45) is 0. The first kappa shape index (κ1) is 12.3. The molecule has 0 aliphatic heterocycles. The molecule has 0 aliphatic carbocycles. The van der Waals surface area contributed by atoms with Gasteiger partial charge in [-0.05, 0) is 12.1 Å². The number of benzene rings is 1. The van der Waals surface area contributed by atoms with Crippen molar-refractivity contribution in [2.75, 3.05) is 0 Å². The fourth-order valence-corrected chi connectivity index (χ4v) is 2.64. The van der Waals surface area contributed by atoms with E-state index < -0.39 is 5.63 Å². The average Bonchev–Trinajstić information content (AvgIpc) is 2.68. The van der Waals surface area contributed by atoms with E-state index in [1.807, 2.05) is 39.0 Å². The van der Waals surface area contributed by atoms with E-state index in [4.69, 9.17) is 20.4 Å². The second-order valence-corrected chi connectivity index (χ2v) is 5.96. The molecule has 0 bridgehead atoms. The van der Waals surface area contributed by atoms with Crippen molar-refractivity contribution in [3.05, 3.63) is 45.5 Å². The maximum Gasteiger partial charge on any atom is 0.349 e. The first-order valence-corrected chi connectivity index (χ1v) is 6.41. The van der Waals surface area contributed by atoms with E-state index in [0.717, 1.165) is 5.39 Å². The van der Waals surface area contributed by atoms with Crippen LogP contribution in [0.5, 0.6) is 0 Å². The SMILES string of the molecule is CC(C)(C)c1oc2c(c1Cl)c(=O)oc1ccccc12. The third-order valence-corrected chi connectivity index (χ3v) is 3.43. The van der Waals surface area contributed by atoms with Crippen LogP contribution < -0.4 is 5.63 Å². The molecule has 0 N–H and O–H groups in total. The molecule has 2 heterocycles. The Kier molecular flexibility index (Phi) is 2.51. The van der Waals surface area contributed by atoms with Crippen molar-refractivity contribution < 1.29 is 8.83 Å². The van der Waals surface area contributed by atoms with Gasteiger partial charge in [0.15, 0.2) is 5.58 Å². The molecule has 0 saturated heterocycles. The van der Waals surface area contributed by atoms with Crippen molar-refractivity contribution in [3.8, 4) is 0 Å². The van der Waals surface area contributed by atoms with Gasteiger partial charge in [-0.2, -0.15) is 0 Å². The molecule has 19 heavy (non-hydrogen) atoms. The van der Waals surface area contributed by atoms with Crippen molar-refractivity contribution in [2.24, 2.45) is 0 Å². The van der Waals surface area contributed by atoms with Crippen LogP contribution in [0.15, 0.2) is 37.9 Å². The zero-order valence-corrected chi connectivity index (χ0v) is 11.7. The van der Waals surface area contributed by atoms with E-state index in [-0.39, 0.29) is 5.41 Å². The van der Waals surface area contributed by atoms with Crippen LogP contribution in [-0.4, -0.2) is 0 Å². The predicted octanol–water partition coefficient (Wildman–Crippen LogP) is 4.49. The number of para-hydroxylation sites is 1. The van der Waals surface area contributed by atoms with E-state index >= 15 is 0 Å².